The van der Waals surface area contributed by atoms with Crippen LogP contribution in [0, 0.1) is 46.3 Å². The quantitative estimate of drug-likeness (QED) is 0.184. The predicted octanol–water partition coefficient (Wildman–Crippen LogP) is 8.37. The lowest BCUT2D eigenvalue weighted by Crippen LogP contribution is -2.51. The first-order valence-corrected chi connectivity index (χ1v) is 15.6. The number of phenolic OH excluding ortho intramolecular Hbond substituents is 3. The van der Waals surface area contributed by atoms with Crippen molar-refractivity contribution in [1.29, 1.82) is 0 Å². The minimum absolute atomic E-state index is 0.0506. The van der Waals surface area contributed by atoms with Crippen molar-refractivity contribution in [2.45, 2.75) is 111 Å². The van der Waals surface area contributed by atoms with E-state index < -0.39 is 23.2 Å². The number of ether oxygens (including phenoxy) is 1. The van der Waals surface area contributed by atoms with E-state index in [1.54, 1.807) is 0 Å². The molecular weight excluding hydrogens is 488 g/mol. The van der Waals surface area contributed by atoms with E-state index in [-0.39, 0.29) is 17.1 Å². The van der Waals surface area contributed by atoms with Crippen LogP contribution in [0.5, 0.6) is 17.2 Å². The van der Waals surface area contributed by atoms with Crippen molar-refractivity contribution in [3.8, 4) is 17.2 Å². The van der Waals surface area contributed by atoms with Gasteiger partial charge in [0, 0.05) is 6.42 Å². The lowest BCUT2D eigenvalue weighted by molar-refractivity contribution is -0.0594. The maximum absolute atomic E-state index is 12.8. The highest BCUT2D eigenvalue weighted by molar-refractivity contribution is 5.91. The summed E-state index contributed by atoms with van der Waals surface area (Å²) < 4.78 is 5.85. The highest BCUT2D eigenvalue weighted by atomic mass is 16.5. The molecule has 0 amide bonds. The van der Waals surface area contributed by atoms with Crippen LogP contribution in [0.4, 0.5) is 0 Å². The Hall–Kier alpha value is -2.17. The van der Waals surface area contributed by atoms with E-state index in [1.807, 2.05) is 0 Å². The number of benzene rings is 1. The zero-order chi connectivity index (χ0) is 28.1. The fraction of sp³-hybridized carbons (Fsp3) is 0.735. The molecule has 216 valence electrons. The zero-order valence-corrected chi connectivity index (χ0v) is 24.7. The number of hydrogen-bond donors (Lipinski definition) is 3. The van der Waals surface area contributed by atoms with Gasteiger partial charge in [0.05, 0.1) is 5.56 Å². The highest BCUT2D eigenvalue weighted by Crippen LogP contribution is 2.67. The summed E-state index contributed by atoms with van der Waals surface area (Å²) in [6, 6.07) is 2.29. The minimum atomic E-state index is -0.625. The van der Waals surface area contributed by atoms with Gasteiger partial charge in [-0.15, -0.1) is 0 Å². The summed E-state index contributed by atoms with van der Waals surface area (Å²) in [4.78, 5) is 12.8. The van der Waals surface area contributed by atoms with Gasteiger partial charge in [-0.25, -0.2) is 4.79 Å². The van der Waals surface area contributed by atoms with Gasteiger partial charge in [0.25, 0.3) is 0 Å². The van der Waals surface area contributed by atoms with Crippen molar-refractivity contribution in [2.75, 3.05) is 0 Å². The number of hydrogen-bond acceptors (Lipinski definition) is 5. The van der Waals surface area contributed by atoms with Gasteiger partial charge in [-0.3, -0.25) is 0 Å². The van der Waals surface area contributed by atoms with Crippen LogP contribution in [0.3, 0.4) is 0 Å². The van der Waals surface area contributed by atoms with E-state index in [9.17, 15) is 20.1 Å². The van der Waals surface area contributed by atoms with E-state index in [1.165, 1.54) is 50.5 Å². The van der Waals surface area contributed by atoms with Crippen molar-refractivity contribution < 1.29 is 24.9 Å². The smallest absolute Gasteiger partial charge is 0.338 e. The molecule has 0 spiro atoms. The molecule has 8 atom stereocenters. The summed E-state index contributed by atoms with van der Waals surface area (Å²) in [5.41, 5.74) is 2.18. The minimum Gasteiger partial charge on any atom is -0.504 e. The summed E-state index contributed by atoms with van der Waals surface area (Å²) in [5.74, 6) is 2.55. The first kappa shape index (κ1) is 28.4. The van der Waals surface area contributed by atoms with E-state index in [0.29, 0.717) is 11.3 Å². The molecule has 1 aromatic carbocycles. The second-order valence-corrected chi connectivity index (χ2v) is 14.4. The molecule has 0 heterocycles. The summed E-state index contributed by atoms with van der Waals surface area (Å²) in [7, 11) is 0. The Morgan fingerprint density at radius 3 is 2.38 bits per heavy atom. The second kappa shape index (κ2) is 10.7. The summed E-state index contributed by atoms with van der Waals surface area (Å²) in [6.45, 7) is 12.3. The Morgan fingerprint density at radius 2 is 1.69 bits per heavy atom. The molecule has 0 saturated heterocycles. The SMILES string of the molecule is CC(C)CCC[C@@H](C)[C@H]1CC[C@H]2[C@@H]3CC=C4C[C@@H](OC(=O)c5cc(O)c(O)c(O)c5)CC[C@]4(C)[C@H]3CC[C@]12C. The lowest BCUT2D eigenvalue weighted by atomic mass is 9.47. The van der Waals surface area contributed by atoms with Crippen molar-refractivity contribution in [3.05, 3.63) is 29.3 Å². The summed E-state index contributed by atoms with van der Waals surface area (Å²) in [5, 5.41) is 29.2. The Bertz CT molecular complexity index is 1080. The van der Waals surface area contributed by atoms with Crippen molar-refractivity contribution >= 4 is 5.97 Å². The van der Waals surface area contributed by atoms with Gasteiger partial charge in [0.2, 0.25) is 0 Å². The van der Waals surface area contributed by atoms with Gasteiger partial charge in [-0.2, -0.15) is 0 Å². The van der Waals surface area contributed by atoms with Gasteiger partial charge in [-0.1, -0.05) is 65.5 Å². The van der Waals surface area contributed by atoms with Crippen LogP contribution in [0.25, 0.3) is 0 Å². The Balaban J connectivity index is 1.25. The van der Waals surface area contributed by atoms with Crippen LogP contribution in [0.1, 0.15) is 116 Å². The van der Waals surface area contributed by atoms with Crippen LogP contribution in [-0.4, -0.2) is 27.4 Å². The van der Waals surface area contributed by atoms with Gasteiger partial charge >= 0.3 is 5.97 Å². The predicted molar refractivity (Wildman–Crippen MR) is 154 cm³/mol. The molecule has 5 heteroatoms. The number of esters is 1. The molecule has 3 saturated carbocycles. The standard InChI is InChI=1S/C34H50O5/c1-20(2)7-6-8-21(3)26-11-12-27-25-10-9-23-19-24(13-15-33(23,4)28(25)14-16-34(26,27)5)39-32(38)22-17-29(35)31(37)30(36)18-22/h9,17-18,20-21,24-28,35-37H,6-8,10-16,19H2,1-5H3/t21-,24+,25+,26-,27+,28+,33+,34-/m1/s1. The van der Waals surface area contributed by atoms with Crippen LogP contribution in [-0.2, 0) is 4.74 Å². The normalized spacial score (nSPS) is 36.5. The Morgan fingerprint density at radius 1 is 0.974 bits per heavy atom. The molecule has 0 radical (unpaired) electrons. The molecule has 3 fully saturated rings. The van der Waals surface area contributed by atoms with Gasteiger partial charge in [0.15, 0.2) is 17.2 Å². The topological polar surface area (TPSA) is 87.0 Å². The molecular formula is C34H50O5. The van der Waals surface area contributed by atoms with E-state index in [4.69, 9.17) is 4.74 Å². The number of phenols is 3. The summed E-state index contributed by atoms with van der Waals surface area (Å²) >= 11 is 0. The molecule has 5 rings (SSSR count). The van der Waals surface area contributed by atoms with Crippen LogP contribution >= 0.6 is 0 Å². The molecule has 0 aliphatic heterocycles. The van der Waals surface area contributed by atoms with Crippen LogP contribution < -0.4 is 0 Å². The third kappa shape index (κ3) is 5.08. The lowest BCUT2D eigenvalue weighted by Gasteiger charge is -2.58. The van der Waals surface area contributed by atoms with Crippen molar-refractivity contribution in [1.82, 2.24) is 0 Å². The maximum Gasteiger partial charge on any atom is 0.338 e. The zero-order valence-electron chi connectivity index (χ0n) is 24.7. The number of carbonyl (C=O) groups is 1. The number of carbonyl (C=O) groups excluding carboxylic acids is 1. The fourth-order valence-electron chi connectivity index (χ4n) is 9.69. The average Bonchev–Trinajstić information content (AvgIpc) is 3.24. The van der Waals surface area contributed by atoms with E-state index >= 15 is 0 Å². The first-order chi connectivity index (χ1) is 18.4. The van der Waals surface area contributed by atoms with Crippen molar-refractivity contribution in [2.24, 2.45) is 46.3 Å². The highest BCUT2D eigenvalue weighted by Gasteiger charge is 2.59. The second-order valence-electron chi connectivity index (χ2n) is 14.4. The molecule has 5 nitrogen and oxygen atoms in total. The third-order valence-electron chi connectivity index (χ3n) is 11.8. The van der Waals surface area contributed by atoms with Crippen LogP contribution in [0.2, 0.25) is 0 Å². The van der Waals surface area contributed by atoms with E-state index in [0.717, 1.165) is 67.4 Å². The molecule has 0 aromatic heterocycles. The summed E-state index contributed by atoms with van der Waals surface area (Å²) in [6.07, 6.45) is 15.6. The molecule has 39 heavy (non-hydrogen) atoms. The largest absolute Gasteiger partial charge is 0.504 e. The molecule has 0 unspecified atom stereocenters. The van der Waals surface area contributed by atoms with Crippen molar-refractivity contribution in [3.63, 3.8) is 0 Å². The molecule has 4 aliphatic carbocycles. The third-order valence-corrected chi connectivity index (χ3v) is 11.8. The number of fused-ring (bicyclic) bond motifs is 5. The molecule has 1 aromatic rings. The van der Waals surface area contributed by atoms with E-state index in [2.05, 4.69) is 40.7 Å². The number of aromatic hydroxyl groups is 3. The van der Waals surface area contributed by atoms with Crippen LogP contribution in [0.15, 0.2) is 23.8 Å². The van der Waals surface area contributed by atoms with Gasteiger partial charge in [0.1, 0.15) is 6.10 Å². The average molecular weight is 539 g/mol. The molecule has 3 N–H and O–H groups in total. The van der Waals surface area contributed by atoms with Gasteiger partial charge in [-0.05, 0) is 103 Å². The maximum atomic E-state index is 12.8. The molecule has 4 aliphatic rings. The monoisotopic (exact) mass is 538 g/mol. The van der Waals surface area contributed by atoms with Gasteiger partial charge < -0.3 is 20.1 Å². The fourth-order valence-corrected chi connectivity index (χ4v) is 9.69. The Labute approximate surface area is 235 Å². The Kier molecular flexibility index (Phi) is 7.76. The number of allylic oxidation sites excluding steroid dienone is 1. The first-order valence-electron chi connectivity index (χ1n) is 15.6. The molecule has 0 bridgehead atoms. The number of rotatable bonds is 7.